The SMILES string of the molecule is Cc1cc(Cl)cc(-c2nnc(C(N)c3ccccc3)s2)c1. The van der Waals surface area contributed by atoms with Crippen molar-refractivity contribution in [1.82, 2.24) is 10.2 Å². The third kappa shape index (κ3) is 3.13. The van der Waals surface area contributed by atoms with Crippen LogP contribution in [-0.2, 0) is 0 Å². The van der Waals surface area contributed by atoms with Crippen LogP contribution in [0, 0.1) is 6.92 Å². The van der Waals surface area contributed by atoms with Crippen LogP contribution in [0.15, 0.2) is 48.5 Å². The Morgan fingerprint density at radius 2 is 1.86 bits per heavy atom. The van der Waals surface area contributed by atoms with E-state index in [0.29, 0.717) is 5.02 Å². The molecular formula is C16H14ClN3S. The molecule has 1 unspecified atom stereocenters. The fourth-order valence-electron chi connectivity index (χ4n) is 2.14. The van der Waals surface area contributed by atoms with Gasteiger partial charge < -0.3 is 5.73 Å². The maximum atomic E-state index is 6.25. The maximum Gasteiger partial charge on any atom is 0.147 e. The number of rotatable bonds is 3. The number of aryl methyl sites for hydroxylation is 1. The van der Waals surface area contributed by atoms with Gasteiger partial charge in [-0.3, -0.25) is 0 Å². The summed E-state index contributed by atoms with van der Waals surface area (Å²) in [6.07, 6.45) is 0. The van der Waals surface area contributed by atoms with Gasteiger partial charge in [-0.05, 0) is 36.2 Å². The van der Waals surface area contributed by atoms with Crippen LogP contribution in [0.25, 0.3) is 10.6 Å². The molecule has 0 aliphatic heterocycles. The highest BCUT2D eigenvalue weighted by Crippen LogP contribution is 2.30. The molecule has 3 nitrogen and oxygen atoms in total. The first-order valence-electron chi connectivity index (χ1n) is 6.55. The first-order valence-corrected chi connectivity index (χ1v) is 7.74. The second-order valence-electron chi connectivity index (χ2n) is 4.85. The topological polar surface area (TPSA) is 51.8 Å². The molecule has 1 aromatic heterocycles. The van der Waals surface area contributed by atoms with Crippen molar-refractivity contribution in [3.05, 3.63) is 69.7 Å². The molecule has 3 rings (SSSR count). The quantitative estimate of drug-likeness (QED) is 0.787. The van der Waals surface area contributed by atoms with Gasteiger partial charge in [-0.25, -0.2) is 0 Å². The van der Waals surface area contributed by atoms with E-state index in [1.807, 2.05) is 55.5 Å². The molecule has 0 fully saturated rings. The molecule has 0 bridgehead atoms. The first kappa shape index (κ1) is 14.2. The summed E-state index contributed by atoms with van der Waals surface area (Å²) in [6.45, 7) is 2.01. The van der Waals surface area contributed by atoms with Gasteiger partial charge in [-0.1, -0.05) is 53.3 Å². The molecule has 106 valence electrons. The first-order chi connectivity index (χ1) is 10.1. The van der Waals surface area contributed by atoms with Gasteiger partial charge in [0.25, 0.3) is 0 Å². The molecule has 0 aliphatic rings. The number of hydrogen-bond donors (Lipinski definition) is 1. The summed E-state index contributed by atoms with van der Waals surface area (Å²) in [5.74, 6) is 0. The molecule has 21 heavy (non-hydrogen) atoms. The van der Waals surface area contributed by atoms with Crippen LogP contribution in [0.1, 0.15) is 22.2 Å². The van der Waals surface area contributed by atoms with E-state index in [-0.39, 0.29) is 6.04 Å². The Hall–Kier alpha value is -1.75. The maximum absolute atomic E-state index is 6.25. The van der Waals surface area contributed by atoms with Crippen molar-refractivity contribution in [2.24, 2.45) is 5.73 Å². The highest BCUT2D eigenvalue weighted by molar-refractivity contribution is 7.14. The van der Waals surface area contributed by atoms with Gasteiger partial charge >= 0.3 is 0 Å². The summed E-state index contributed by atoms with van der Waals surface area (Å²) in [6, 6.07) is 15.5. The molecule has 1 atom stereocenters. The molecule has 0 saturated heterocycles. The van der Waals surface area contributed by atoms with Gasteiger partial charge in [0.15, 0.2) is 0 Å². The Kier molecular flexibility index (Phi) is 4.01. The smallest absolute Gasteiger partial charge is 0.147 e. The summed E-state index contributed by atoms with van der Waals surface area (Å²) in [7, 11) is 0. The van der Waals surface area contributed by atoms with Crippen LogP contribution in [-0.4, -0.2) is 10.2 Å². The van der Waals surface area contributed by atoms with Gasteiger partial charge in [0.2, 0.25) is 0 Å². The Balaban J connectivity index is 1.93. The van der Waals surface area contributed by atoms with E-state index in [2.05, 4.69) is 10.2 Å². The van der Waals surface area contributed by atoms with Crippen LogP contribution >= 0.6 is 22.9 Å². The minimum Gasteiger partial charge on any atom is -0.318 e. The minimum atomic E-state index is -0.252. The standard InChI is InChI=1S/C16H14ClN3S/c1-10-7-12(9-13(17)8-10)15-19-20-16(21-15)14(18)11-5-3-2-4-6-11/h2-9,14H,18H2,1H3. The summed E-state index contributed by atoms with van der Waals surface area (Å²) >= 11 is 7.60. The predicted molar refractivity (Wildman–Crippen MR) is 87.6 cm³/mol. The Bertz CT molecular complexity index is 735. The Morgan fingerprint density at radius 1 is 1.10 bits per heavy atom. The fourth-order valence-corrected chi connectivity index (χ4v) is 3.29. The van der Waals surface area contributed by atoms with Crippen LogP contribution in [0.5, 0.6) is 0 Å². The largest absolute Gasteiger partial charge is 0.318 e. The normalized spacial score (nSPS) is 12.3. The van der Waals surface area contributed by atoms with Crippen molar-refractivity contribution in [3.63, 3.8) is 0 Å². The third-order valence-electron chi connectivity index (χ3n) is 3.15. The van der Waals surface area contributed by atoms with E-state index in [4.69, 9.17) is 17.3 Å². The predicted octanol–water partition coefficient (Wildman–Crippen LogP) is 4.22. The van der Waals surface area contributed by atoms with Crippen LogP contribution in [0.2, 0.25) is 5.02 Å². The van der Waals surface area contributed by atoms with E-state index in [1.54, 1.807) is 0 Å². The lowest BCUT2D eigenvalue weighted by atomic mass is 10.1. The highest BCUT2D eigenvalue weighted by Gasteiger charge is 2.15. The number of nitrogens with zero attached hydrogens (tertiary/aromatic N) is 2. The van der Waals surface area contributed by atoms with Gasteiger partial charge in [-0.2, -0.15) is 0 Å². The van der Waals surface area contributed by atoms with Crippen molar-refractivity contribution in [3.8, 4) is 10.6 Å². The average molecular weight is 316 g/mol. The fraction of sp³-hybridized carbons (Fsp3) is 0.125. The van der Waals surface area contributed by atoms with E-state index in [0.717, 1.165) is 26.7 Å². The van der Waals surface area contributed by atoms with Crippen molar-refractivity contribution >= 4 is 22.9 Å². The summed E-state index contributed by atoms with van der Waals surface area (Å²) in [5, 5.41) is 10.8. The molecule has 0 spiro atoms. The molecule has 2 aromatic carbocycles. The molecule has 3 aromatic rings. The zero-order chi connectivity index (χ0) is 14.8. The summed E-state index contributed by atoms with van der Waals surface area (Å²) in [5.41, 5.74) is 9.35. The second kappa shape index (κ2) is 5.93. The van der Waals surface area contributed by atoms with Crippen molar-refractivity contribution in [2.45, 2.75) is 13.0 Å². The van der Waals surface area contributed by atoms with Gasteiger partial charge in [0, 0.05) is 10.6 Å². The zero-order valence-electron chi connectivity index (χ0n) is 11.5. The van der Waals surface area contributed by atoms with E-state index in [9.17, 15) is 0 Å². The summed E-state index contributed by atoms with van der Waals surface area (Å²) < 4.78 is 0. The molecule has 1 heterocycles. The molecule has 0 saturated carbocycles. The lowest BCUT2D eigenvalue weighted by Crippen LogP contribution is -2.11. The summed E-state index contributed by atoms with van der Waals surface area (Å²) in [4.78, 5) is 0. The lowest BCUT2D eigenvalue weighted by Gasteiger charge is -2.07. The molecular weight excluding hydrogens is 302 g/mol. The second-order valence-corrected chi connectivity index (χ2v) is 6.30. The molecule has 2 N–H and O–H groups in total. The molecule has 5 heteroatoms. The van der Waals surface area contributed by atoms with Crippen molar-refractivity contribution < 1.29 is 0 Å². The number of aromatic nitrogens is 2. The number of hydrogen-bond acceptors (Lipinski definition) is 4. The highest BCUT2D eigenvalue weighted by atomic mass is 35.5. The number of benzene rings is 2. The lowest BCUT2D eigenvalue weighted by molar-refractivity contribution is 0.831. The zero-order valence-corrected chi connectivity index (χ0v) is 13.0. The average Bonchev–Trinajstić information content (AvgIpc) is 2.96. The monoisotopic (exact) mass is 315 g/mol. The molecule has 0 radical (unpaired) electrons. The van der Waals surface area contributed by atoms with Gasteiger partial charge in [0.05, 0.1) is 6.04 Å². The van der Waals surface area contributed by atoms with E-state index in [1.165, 1.54) is 11.3 Å². The number of halogens is 1. The number of nitrogens with two attached hydrogens (primary N) is 1. The Labute approximate surface area is 132 Å². The third-order valence-corrected chi connectivity index (χ3v) is 4.43. The van der Waals surface area contributed by atoms with Crippen LogP contribution in [0.3, 0.4) is 0 Å². The van der Waals surface area contributed by atoms with E-state index < -0.39 is 0 Å². The van der Waals surface area contributed by atoms with Crippen molar-refractivity contribution in [2.75, 3.05) is 0 Å². The van der Waals surface area contributed by atoms with Crippen LogP contribution < -0.4 is 5.73 Å². The van der Waals surface area contributed by atoms with Gasteiger partial charge in [0.1, 0.15) is 10.0 Å². The van der Waals surface area contributed by atoms with Crippen molar-refractivity contribution in [1.29, 1.82) is 0 Å². The minimum absolute atomic E-state index is 0.252. The molecule has 0 aliphatic carbocycles. The molecule has 0 amide bonds. The Morgan fingerprint density at radius 3 is 2.57 bits per heavy atom. The van der Waals surface area contributed by atoms with Gasteiger partial charge in [-0.15, -0.1) is 10.2 Å². The van der Waals surface area contributed by atoms with Crippen LogP contribution in [0.4, 0.5) is 0 Å². The van der Waals surface area contributed by atoms with E-state index >= 15 is 0 Å².